The molecule has 3 aromatic rings. The SMILES string of the molecule is O=C(c1cc(F)c(F)c(F)c1)c1c(C(F)(F)F)nn(-c2c(F)c(F)c(C(F)(F)F)c(F)c2F)c1O.[Zn]. The van der Waals surface area contributed by atoms with Crippen molar-refractivity contribution in [1.82, 2.24) is 9.78 Å². The van der Waals surface area contributed by atoms with Crippen molar-refractivity contribution in [1.29, 1.82) is 0 Å². The Morgan fingerprint density at radius 1 is 0.750 bits per heavy atom. The fourth-order valence-corrected chi connectivity index (χ4v) is 2.86. The van der Waals surface area contributed by atoms with Gasteiger partial charge in [0.1, 0.15) is 16.8 Å². The minimum absolute atomic E-state index is 0. The Labute approximate surface area is 201 Å². The monoisotopic (exact) mass is 590 g/mol. The van der Waals surface area contributed by atoms with E-state index >= 15 is 0 Å². The molecule has 0 spiro atoms. The number of benzene rings is 2. The first kappa shape index (κ1) is 29.1. The van der Waals surface area contributed by atoms with Crippen LogP contribution < -0.4 is 0 Å². The van der Waals surface area contributed by atoms with Gasteiger partial charge in [-0.25, -0.2) is 30.7 Å². The van der Waals surface area contributed by atoms with Crippen molar-refractivity contribution in [3.63, 3.8) is 0 Å². The van der Waals surface area contributed by atoms with E-state index in [0.29, 0.717) is 0 Å². The number of hydrogen-bond donors (Lipinski definition) is 1. The van der Waals surface area contributed by atoms with Gasteiger partial charge >= 0.3 is 12.4 Å². The molecule has 36 heavy (non-hydrogen) atoms. The van der Waals surface area contributed by atoms with E-state index in [1.165, 1.54) is 0 Å². The van der Waals surface area contributed by atoms with E-state index < -0.39 is 97.5 Å². The molecule has 0 amide bonds. The van der Waals surface area contributed by atoms with E-state index in [2.05, 4.69) is 5.10 Å². The molecule has 2 aromatic carbocycles. The number of carbonyl (C=O) groups excluding carboxylic acids is 1. The molecule has 0 radical (unpaired) electrons. The molecule has 18 heteroatoms. The quantitative estimate of drug-likeness (QED) is 0.137. The maximum atomic E-state index is 14.3. The molecule has 0 aliphatic rings. The van der Waals surface area contributed by atoms with Gasteiger partial charge in [0, 0.05) is 25.0 Å². The molecule has 0 saturated heterocycles. The van der Waals surface area contributed by atoms with Crippen molar-refractivity contribution < 1.29 is 86.5 Å². The number of rotatable bonds is 3. The molecule has 0 aliphatic heterocycles. The first-order valence-corrected chi connectivity index (χ1v) is 8.41. The van der Waals surface area contributed by atoms with Gasteiger partial charge < -0.3 is 5.11 Å². The van der Waals surface area contributed by atoms with Crippen LogP contribution in [-0.4, -0.2) is 20.7 Å². The number of aromatic hydroxyl groups is 1. The standard InChI is InChI=1S/C18H3F13N2O2.Zn/c19-4-1-3(2-5(20)8(4)21)14(34)6-15(18(29,30)31)32-33(16(6)35)13-11(24)9(22)7(17(26,27)28)10(23)12(13)25;/h1-2,35H;. The summed E-state index contributed by atoms with van der Waals surface area (Å²) in [5.74, 6) is -23.0. The molecule has 4 nitrogen and oxygen atoms in total. The molecule has 1 heterocycles. The molecule has 0 saturated carbocycles. The molecule has 0 fully saturated rings. The van der Waals surface area contributed by atoms with Crippen LogP contribution in [0.1, 0.15) is 27.2 Å². The molecule has 0 atom stereocenters. The number of hydrogen-bond acceptors (Lipinski definition) is 3. The van der Waals surface area contributed by atoms with Gasteiger partial charge in [-0.3, -0.25) is 4.79 Å². The van der Waals surface area contributed by atoms with E-state index in [0.717, 1.165) is 0 Å². The van der Waals surface area contributed by atoms with Gasteiger partial charge in [0.2, 0.25) is 11.7 Å². The van der Waals surface area contributed by atoms with Gasteiger partial charge in [-0.1, -0.05) is 0 Å². The largest absolute Gasteiger partial charge is 0.493 e. The Kier molecular flexibility index (Phi) is 7.56. The third kappa shape index (κ3) is 4.65. The van der Waals surface area contributed by atoms with Crippen LogP contribution in [0.15, 0.2) is 12.1 Å². The zero-order chi connectivity index (χ0) is 26.8. The van der Waals surface area contributed by atoms with E-state index in [1.807, 2.05) is 0 Å². The normalized spacial score (nSPS) is 12.0. The van der Waals surface area contributed by atoms with Crippen LogP contribution in [0.3, 0.4) is 0 Å². The average Bonchev–Trinajstić information content (AvgIpc) is 3.06. The molecule has 0 aliphatic carbocycles. The number of carbonyl (C=O) groups is 1. The summed E-state index contributed by atoms with van der Waals surface area (Å²) in [6.45, 7) is 0. The predicted octanol–water partition coefficient (Wildman–Crippen LogP) is 5.82. The van der Waals surface area contributed by atoms with Gasteiger partial charge in [0.25, 0.3) is 0 Å². The van der Waals surface area contributed by atoms with Crippen molar-refractivity contribution in [2.45, 2.75) is 12.4 Å². The van der Waals surface area contributed by atoms with Gasteiger partial charge in [-0.05, 0) is 12.1 Å². The summed E-state index contributed by atoms with van der Waals surface area (Å²) in [5, 5.41) is 12.4. The minimum atomic E-state index is -6.02. The van der Waals surface area contributed by atoms with Gasteiger partial charge in [-0.15, -0.1) is 0 Å². The molecule has 0 bridgehead atoms. The molecule has 0 unspecified atom stereocenters. The summed E-state index contributed by atoms with van der Waals surface area (Å²) in [4.78, 5) is 12.4. The van der Waals surface area contributed by atoms with Crippen LogP contribution in [0.4, 0.5) is 57.1 Å². The van der Waals surface area contributed by atoms with Crippen molar-refractivity contribution in [2.24, 2.45) is 0 Å². The van der Waals surface area contributed by atoms with E-state index in [9.17, 15) is 67.0 Å². The Morgan fingerprint density at radius 2 is 1.19 bits per heavy atom. The Balaban J connectivity index is 0.00000456. The summed E-state index contributed by atoms with van der Waals surface area (Å²) in [6.07, 6.45) is -11.8. The third-order valence-electron chi connectivity index (χ3n) is 4.34. The van der Waals surface area contributed by atoms with E-state index in [4.69, 9.17) is 0 Å². The molecule has 1 N–H and O–H groups in total. The van der Waals surface area contributed by atoms with Crippen LogP contribution in [-0.2, 0) is 31.8 Å². The number of halogens is 13. The zero-order valence-corrected chi connectivity index (χ0v) is 19.5. The molecule has 190 valence electrons. The fraction of sp³-hybridized carbons (Fsp3) is 0.111. The fourth-order valence-electron chi connectivity index (χ4n) is 2.86. The zero-order valence-electron chi connectivity index (χ0n) is 16.5. The van der Waals surface area contributed by atoms with Gasteiger partial charge in [0.05, 0.1) is 0 Å². The third-order valence-corrected chi connectivity index (χ3v) is 4.34. The second kappa shape index (κ2) is 9.37. The van der Waals surface area contributed by atoms with E-state index in [-0.39, 0.29) is 31.6 Å². The average molecular weight is 592 g/mol. The van der Waals surface area contributed by atoms with Crippen molar-refractivity contribution in [2.75, 3.05) is 0 Å². The smallest absolute Gasteiger partial charge is 0.436 e. The number of nitrogens with zero attached hydrogens (tertiary/aromatic N) is 2. The van der Waals surface area contributed by atoms with Crippen molar-refractivity contribution in [3.8, 4) is 11.6 Å². The maximum absolute atomic E-state index is 14.3. The second-order valence-electron chi connectivity index (χ2n) is 6.52. The molecular formula is C18H3F13N2O2Zn. The molecule has 1 aromatic heterocycles. The minimum Gasteiger partial charge on any atom is -0.493 e. The molecule has 3 rings (SSSR count). The Hall–Kier alpha value is -3.17. The Bertz CT molecular complexity index is 1330. The predicted molar refractivity (Wildman–Crippen MR) is 84.8 cm³/mol. The maximum Gasteiger partial charge on any atom is 0.436 e. The summed E-state index contributed by atoms with van der Waals surface area (Å²) >= 11 is 0. The van der Waals surface area contributed by atoms with Crippen LogP contribution in [0.25, 0.3) is 5.69 Å². The number of aromatic nitrogens is 2. The first-order valence-electron chi connectivity index (χ1n) is 8.41. The van der Waals surface area contributed by atoms with Crippen molar-refractivity contribution in [3.05, 3.63) is 75.2 Å². The van der Waals surface area contributed by atoms with Gasteiger partial charge in [-0.2, -0.15) is 36.1 Å². The topological polar surface area (TPSA) is 55.1 Å². The summed E-state index contributed by atoms with van der Waals surface area (Å²) in [6, 6.07) is -0.257. The number of alkyl halides is 6. The summed E-state index contributed by atoms with van der Waals surface area (Å²) < 4.78 is 174. The van der Waals surface area contributed by atoms with Crippen LogP contribution >= 0.6 is 0 Å². The summed E-state index contributed by atoms with van der Waals surface area (Å²) in [5.41, 5.74) is -11.6. The van der Waals surface area contributed by atoms with E-state index in [1.54, 1.807) is 0 Å². The number of ketones is 1. The van der Waals surface area contributed by atoms with Crippen LogP contribution in [0.5, 0.6) is 5.88 Å². The molecular weight excluding hydrogens is 589 g/mol. The summed E-state index contributed by atoms with van der Waals surface area (Å²) in [7, 11) is 0. The van der Waals surface area contributed by atoms with Crippen molar-refractivity contribution >= 4 is 5.78 Å². The van der Waals surface area contributed by atoms with Crippen LogP contribution in [0, 0.1) is 40.7 Å². The second-order valence-corrected chi connectivity index (χ2v) is 6.52. The Morgan fingerprint density at radius 3 is 1.58 bits per heavy atom. The van der Waals surface area contributed by atoms with Crippen LogP contribution in [0.2, 0.25) is 0 Å². The van der Waals surface area contributed by atoms with Gasteiger partial charge in [0.15, 0.2) is 46.4 Å². The first-order chi connectivity index (χ1) is 15.9.